The molecule has 4 bridgehead atoms. The van der Waals surface area contributed by atoms with E-state index in [1.807, 2.05) is 46.0 Å². The molecule has 3 aliphatic rings. The predicted octanol–water partition coefficient (Wildman–Crippen LogP) is 5.49. The van der Waals surface area contributed by atoms with Gasteiger partial charge in [0.2, 0.25) is 5.91 Å². The smallest absolute Gasteiger partial charge is 0.251 e. The summed E-state index contributed by atoms with van der Waals surface area (Å²) in [6.45, 7) is 8.81. The molecular formula is C36H47N7O3. The maximum Gasteiger partial charge on any atom is 0.251 e. The molecule has 46 heavy (non-hydrogen) atoms. The number of pyridine rings is 1. The molecule has 1 saturated carbocycles. The summed E-state index contributed by atoms with van der Waals surface area (Å²) in [6.07, 6.45) is 7.34. The minimum Gasteiger partial charge on any atom is -0.494 e. The van der Waals surface area contributed by atoms with Crippen LogP contribution < -0.4 is 20.7 Å². The van der Waals surface area contributed by atoms with Crippen LogP contribution in [0.1, 0.15) is 87.8 Å². The lowest BCUT2D eigenvalue weighted by atomic mass is 9.85. The molecule has 2 fully saturated rings. The largest absolute Gasteiger partial charge is 0.494 e. The second-order valence-electron chi connectivity index (χ2n) is 14.4. The Bertz CT molecular complexity index is 1790. The molecule has 2 amide bonds. The number of aryl methyl sites for hydroxylation is 2. The van der Waals surface area contributed by atoms with E-state index >= 15 is 0 Å². The lowest BCUT2D eigenvalue weighted by Gasteiger charge is -2.31. The Morgan fingerprint density at radius 3 is 2.57 bits per heavy atom. The van der Waals surface area contributed by atoms with Crippen molar-refractivity contribution >= 4 is 33.9 Å². The molecule has 3 N–H and O–H groups in total. The molecule has 2 unspecified atom stereocenters. The summed E-state index contributed by atoms with van der Waals surface area (Å²) in [5, 5.41) is 11.1. The van der Waals surface area contributed by atoms with Crippen molar-refractivity contribution in [2.75, 3.05) is 20.2 Å². The maximum atomic E-state index is 13.6. The number of piperidine rings is 1. The van der Waals surface area contributed by atoms with Crippen molar-refractivity contribution < 1.29 is 14.3 Å². The first-order valence-electron chi connectivity index (χ1n) is 17.0. The zero-order valence-corrected chi connectivity index (χ0v) is 27.8. The molecule has 3 atom stereocenters. The van der Waals surface area contributed by atoms with Crippen LogP contribution in [0.15, 0.2) is 30.3 Å². The van der Waals surface area contributed by atoms with Crippen molar-refractivity contribution in [1.82, 2.24) is 35.1 Å². The van der Waals surface area contributed by atoms with Crippen LogP contribution in [-0.2, 0) is 18.4 Å². The third-order valence-corrected chi connectivity index (χ3v) is 10.8. The number of nitrogens with one attached hydrogen (secondary N) is 3. The van der Waals surface area contributed by atoms with E-state index in [0.29, 0.717) is 23.1 Å². The van der Waals surface area contributed by atoms with Crippen LogP contribution in [0.2, 0.25) is 0 Å². The van der Waals surface area contributed by atoms with Gasteiger partial charge in [-0.25, -0.2) is 9.97 Å². The zero-order valence-electron chi connectivity index (χ0n) is 27.8. The van der Waals surface area contributed by atoms with Gasteiger partial charge in [-0.05, 0) is 87.9 Å². The molecule has 3 aromatic heterocycles. The van der Waals surface area contributed by atoms with Crippen LogP contribution in [0.25, 0.3) is 33.6 Å². The van der Waals surface area contributed by atoms with E-state index < -0.39 is 5.41 Å². The number of rotatable bonds is 4. The van der Waals surface area contributed by atoms with Crippen molar-refractivity contribution in [3.8, 4) is 17.3 Å². The van der Waals surface area contributed by atoms with E-state index in [0.717, 1.165) is 104 Å². The van der Waals surface area contributed by atoms with Crippen molar-refractivity contribution in [1.29, 1.82) is 0 Å². The average molecular weight is 626 g/mol. The molecule has 10 nitrogen and oxygen atoms in total. The lowest BCUT2D eigenvalue weighted by Crippen LogP contribution is -2.51. The Balaban J connectivity index is 1.27. The fourth-order valence-corrected chi connectivity index (χ4v) is 7.95. The van der Waals surface area contributed by atoms with Gasteiger partial charge < -0.3 is 29.8 Å². The fraction of sp³-hybridized carbons (Fsp3) is 0.556. The number of carbonyl (C=O) groups excluding carboxylic acids is 2. The van der Waals surface area contributed by atoms with E-state index in [4.69, 9.17) is 14.7 Å². The van der Waals surface area contributed by atoms with Crippen molar-refractivity contribution in [3.05, 3.63) is 41.6 Å². The number of ether oxygens (including phenoxy) is 1. The van der Waals surface area contributed by atoms with Gasteiger partial charge in [0, 0.05) is 36.0 Å². The molecule has 7 rings (SSSR count). The maximum absolute atomic E-state index is 13.6. The predicted molar refractivity (Wildman–Crippen MR) is 180 cm³/mol. The summed E-state index contributed by atoms with van der Waals surface area (Å²) in [4.78, 5) is 37.0. The van der Waals surface area contributed by atoms with Crippen LogP contribution in [-0.4, -0.2) is 57.2 Å². The van der Waals surface area contributed by atoms with Gasteiger partial charge in [0.15, 0.2) is 5.82 Å². The third-order valence-electron chi connectivity index (χ3n) is 10.8. The number of amides is 2. The molecule has 244 valence electrons. The second kappa shape index (κ2) is 12.0. The highest BCUT2D eigenvalue weighted by atomic mass is 16.5. The van der Waals surface area contributed by atoms with Crippen LogP contribution >= 0.6 is 0 Å². The molecule has 5 heterocycles. The quantitative estimate of drug-likeness (QED) is 0.276. The summed E-state index contributed by atoms with van der Waals surface area (Å²) in [5.74, 6) is 2.40. The minimum atomic E-state index is -0.412. The lowest BCUT2D eigenvalue weighted by molar-refractivity contribution is -0.130. The van der Waals surface area contributed by atoms with Crippen molar-refractivity contribution in [3.63, 3.8) is 0 Å². The highest BCUT2D eigenvalue weighted by Gasteiger charge is 2.40. The van der Waals surface area contributed by atoms with E-state index in [1.54, 1.807) is 7.11 Å². The minimum absolute atomic E-state index is 0.0693. The molecule has 0 spiro atoms. The van der Waals surface area contributed by atoms with Gasteiger partial charge in [-0.1, -0.05) is 33.1 Å². The number of carbonyl (C=O) groups is 2. The Morgan fingerprint density at radius 1 is 1.04 bits per heavy atom. The summed E-state index contributed by atoms with van der Waals surface area (Å²) >= 11 is 0. The van der Waals surface area contributed by atoms with Crippen molar-refractivity contribution in [2.45, 2.75) is 84.3 Å². The average Bonchev–Trinajstić information content (AvgIpc) is 3.63. The standard InChI is InChI=1S/C36H47N7O3/c1-21-26-13-12-22-17-28(43(32(22)39-26)15-9-7-6-8-14-36(2,3)35(45)38-21)33-40-27-16-25(18-29(46-5)31(27)42(33)4)34(44)41-30-23-10-11-24(30)20-37-19-23/h12-13,16-18,21,23-24,30,37H,6-11,14-15,19-20H2,1-5H3,(H,38,45)(H,41,44)/t21-,23?,24?,30?/m1/s1. The molecule has 1 saturated heterocycles. The Kier molecular flexibility index (Phi) is 8.03. The van der Waals surface area contributed by atoms with Gasteiger partial charge in [-0.2, -0.15) is 0 Å². The topological polar surface area (TPSA) is 115 Å². The number of hydrogen-bond acceptors (Lipinski definition) is 6. The number of nitrogens with zero attached hydrogens (tertiary/aromatic N) is 4. The first kappa shape index (κ1) is 30.7. The Morgan fingerprint density at radius 2 is 1.80 bits per heavy atom. The number of imidazole rings is 1. The summed E-state index contributed by atoms with van der Waals surface area (Å²) in [6, 6.07) is 10.00. The Hall–Kier alpha value is -3.92. The summed E-state index contributed by atoms with van der Waals surface area (Å²) in [5.41, 5.74) is 4.43. The molecular weight excluding hydrogens is 578 g/mol. The van der Waals surface area contributed by atoms with Gasteiger partial charge in [0.25, 0.3) is 5.91 Å². The molecule has 10 heteroatoms. The van der Waals surface area contributed by atoms with Crippen LogP contribution in [0.4, 0.5) is 0 Å². The SMILES string of the molecule is COc1cc(C(=O)NC2C3CCC2CNC3)cc2nc(-c3cc4ccc5nc4n3CCCCCCC(C)(C)C(=O)N[C@@H]5C)n(C)c12. The summed E-state index contributed by atoms with van der Waals surface area (Å²) < 4.78 is 10.2. The second-order valence-corrected chi connectivity index (χ2v) is 14.4. The van der Waals surface area contributed by atoms with E-state index in [1.165, 1.54) is 0 Å². The van der Waals surface area contributed by atoms with Gasteiger partial charge in [0.1, 0.15) is 16.9 Å². The first-order chi connectivity index (χ1) is 22.1. The number of fused-ring (bicyclic) bond motifs is 4. The fourth-order valence-electron chi connectivity index (χ4n) is 7.95. The Labute approximate surface area is 270 Å². The van der Waals surface area contributed by atoms with E-state index in [2.05, 4.69) is 37.2 Å². The van der Waals surface area contributed by atoms with E-state index in [-0.39, 0.29) is 23.9 Å². The first-order valence-corrected chi connectivity index (χ1v) is 17.0. The number of methoxy groups -OCH3 is 1. The molecule has 2 aliphatic heterocycles. The highest BCUT2D eigenvalue weighted by molar-refractivity contribution is 6.00. The molecule has 1 aromatic carbocycles. The number of benzene rings is 1. The third kappa shape index (κ3) is 5.44. The van der Waals surface area contributed by atoms with Crippen LogP contribution in [0.3, 0.4) is 0 Å². The van der Waals surface area contributed by atoms with Crippen LogP contribution in [0, 0.1) is 17.3 Å². The zero-order chi connectivity index (χ0) is 32.2. The van der Waals surface area contributed by atoms with Gasteiger partial charge >= 0.3 is 0 Å². The monoisotopic (exact) mass is 625 g/mol. The molecule has 1 aliphatic carbocycles. The normalized spacial score (nSPS) is 25.0. The number of aromatic nitrogens is 4. The van der Waals surface area contributed by atoms with Gasteiger partial charge in [-0.3, -0.25) is 9.59 Å². The van der Waals surface area contributed by atoms with Crippen LogP contribution in [0.5, 0.6) is 5.75 Å². The van der Waals surface area contributed by atoms with Gasteiger partial charge in [-0.15, -0.1) is 0 Å². The number of hydrogen-bond donors (Lipinski definition) is 3. The molecule has 4 aromatic rings. The van der Waals surface area contributed by atoms with Gasteiger partial charge in [0.05, 0.1) is 30.1 Å². The molecule has 0 radical (unpaired) electrons. The van der Waals surface area contributed by atoms with Crippen molar-refractivity contribution in [2.24, 2.45) is 24.3 Å². The highest BCUT2D eigenvalue weighted by Crippen LogP contribution is 2.37. The van der Waals surface area contributed by atoms with E-state index in [9.17, 15) is 9.59 Å². The summed E-state index contributed by atoms with van der Waals surface area (Å²) in [7, 11) is 3.65.